The summed E-state index contributed by atoms with van der Waals surface area (Å²) in [6.07, 6.45) is 2.01. The number of hydrogen-bond donors (Lipinski definition) is 1. The molecule has 1 aliphatic heterocycles. The van der Waals surface area contributed by atoms with Gasteiger partial charge in [-0.05, 0) is 38.9 Å². The van der Waals surface area contributed by atoms with Crippen molar-refractivity contribution in [1.29, 1.82) is 0 Å². The number of aromatic nitrogens is 1. The van der Waals surface area contributed by atoms with Crippen LogP contribution in [-0.4, -0.2) is 42.2 Å². The molecule has 0 aromatic carbocycles. The Bertz CT molecular complexity index is 388. The van der Waals surface area contributed by atoms with Crippen LogP contribution in [-0.2, 0) is 11.3 Å². The summed E-state index contributed by atoms with van der Waals surface area (Å²) in [4.78, 5) is 6.90. The lowest BCUT2D eigenvalue weighted by Crippen LogP contribution is -2.54. The molecule has 18 heavy (non-hydrogen) atoms. The monoisotopic (exact) mass is 249 g/mol. The zero-order valence-electron chi connectivity index (χ0n) is 11.4. The molecule has 0 aliphatic carbocycles. The first-order valence-corrected chi connectivity index (χ1v) is 6.58. The zero-order chi connectivity index (χ0) is 13.0. The number of ether oxygens (including phenoxy) is 1. The molecule has 0 atom stereocenters. The fourth-order valence-electron chi connectivity index (χ4n) is 2.59. The van der Waals surface area contributed by atoms with E-state index in [1.807, 2.05) is 13.0 Å². The standard InChI is InChI=1S/C14H23N3O/c1-12-4-3-5-13(16-12)10-17(2)14(11-15)6-8-18-9-7-14/h3-5H,6-11,15H2,1-2H3. The smallest absolute Gasteiger partial charge is 0.0547 e. The van der Waals surface area contributed by atoms with Gasteiger partial charge in [0.15, 0.2) is 0 Å². The second kappa shape index (κ2) is 5.78. The molecule has 0 bridgehead atoms. The summed E-state index contributed by atoms with van der Waals surface area (Å²) < 4.78 is 5.45. The van der Waals surface area contributed by atoms with Crippen LogP contribution >= 0.6 is 0 Å². The quantitative estimate of drug-likeness (QED) is 0.874. The lowest BCUT2D eigenvalue weighted by molar-refractivity contribution is -0.0168. The number of hydrogen-bond acceptors (Lipinski definition) is 4. The van der Waals surface area contributed by atoms with E-state index in [0.29, 0.717) is 6.54 Å². The van der Waals surface area contributed by atoms with E-state index < -0.39 is 0 Å². The predicted molar refractivity (Wildman–Crippen MR) is 72.3 cm³/mol. The molecular weight excluding hydrogens is 226 g/mol. The van der Waals surface area contributed by atoms with Gasteiger partial charge in [0.25, 0.3) is 0 Å². The van der Waals surface area contributed by atoms with Gasteiger partial charge in [0.2, 0.25) is 0 Å². The van der Waals surface area contributed by atoms with Crippen LogP contribution in [0.2, 0.25) is 0 Å². The molecule has 0 spiro atoms. The lowest BCUT2D eigenvalue weighted by atomic mass is 9.88. The molecule has 4 nitrogen and oxygen atoms in total. The van der Waals surface area contributed by atoms with E-state index in [1.165, 1.54) is 0 Å². The number of aryl methyl sites for hydroxylation is 1. The van der Waals surface area contributed by atoms with Gasteiger partial charge in [-0.2, -0.15) is 0 Å². The fraction of sp³-hybridized carbons (Fsp3) is 0.643. The minimum absolute atomic E-state index is 0.0731. The Kier molecular flexibility index (Phi) is 4.32. The van der Waals surface area contributed by atoms with Crippen molar-refractivity contribution < 1.29 is 4.74 Å². The Hall–Kier alpha value is -0.970. The van der Waals surface area contributed by atoms with Gasteiger partial charge in [0, 0.05) is 37.5 Å². The van der Waals surface area contributed by atoms with Crippen molar-refractivity contribution in [2.45, 2.75) is 31.8 Å². The maximum absolute atomic E-state index is 6.01. The average Bonchev–Trinajstić information content (AvgIpc) is 2.39. The third-order valence-corrected chi connectivity index (χ3v) is 3.96. The van der Waals surface area contributed by atoms with Gasteiger partial charge in [-0.3, -0.25) is 9.88 Å². The maximum Gasteiger partial charge on any atom is 0.0547 e. The number of rotatable bonds is 4. The van der Waals surface area contributed by atoms with Gasteiger partial charge in [-0.15, -0.1) is 0 Å². The van der Waals surface area contributed by atoms with E-state index in [0.717, 1.165) is 44.0 Å². The largest absolute Gasteiger partial charge is 0.381 e. The van der Waals surface area contributed by atoms with E-state index in [9.17, 15) is 0 Å². The van der Waals surface area contributed by atoms with E-state index in [4.69, 9.17) is 10.5 Å². The summed E-state index contributed by atoms with van der Waals surface area (Å²) in [7, 11) is 2.14. The normalized spacial score (nSPS) is 19.1. The molecule has 2 rings (SSSR count). The summed E-state index contributed by atoms with van der Waals surface area (Å²) >= 11 is 0. The summed E-state index contributed by atoms with van der Waals surface area (Å²) in [5.74, 6) is 0. The van der Waals surface area contributed by atoms with Crippen LogP contribution in [0, 0.1) is 6.92 Å². The Morgan fingerprint density at radius 2 is 2.11 bits per heavy atom. The summed E-state index contributed by atoms with van der Waals surface area (Å²) in [5.41, 5.74) is 8.25. The van der Waals surface area contributed by atoms with E-state index in [-0.39, 0.29) is 5.54 Å². The number of nitrogens with zero attached hydrogens (tertiary/aromatic N) is 2. The molecule has 100 valence electrons. The third kappa shape index (κ3) is 2.88. The van der Waals surface area contributed by atoms with Crippen LogP contribution in [0.3, 0.4) is 0 Å². The topological polar surface area (TPSA) is 51.4 Å². The molecule has 0 unspecified atom stereocenters. The highest BCUT2D eigenvalue weighted by molar-refractivity contribution is 5.10. The highest BCUT2D eigenvalue weighted by Crippen LogP contribution is 2.26. The maximum atomic E-state index is 6.01. The molecule has 0 amide bonds. The number of pyridine rings is 1. The molecule has 1 fully saturated rings. The Morgan fingerprint density at radius 1 is 1.39 bits per heavy atom. The predicted octanol–water partition coefficient (Wildman–Crippen LogP) is 1.33. The molecule has 2 N–H and O–H groups in total. The molecule has 2 heterocycles. The van der Waals surface area contributed by atoms with Gasteiger partial charge < -0.3 is 10.5 Å². The molecule has 0 radical (unpaired) electrons. The lowest BCUT2D eigenvalue weighted by Gasteiger charge is -2.43. The number of likely N-dealkylation sites (N-methyl/N-ethyl adjacent to an activating group) is 1. The molecule has 1 aromatic heterocycles. The van der Waals surface area contributed by atoms with Crippen molar-refractivity contribution >= 4 is 0 Å². The van der Waals surface area contributed by atoms with Crippen molar-refractivity contribution in [1.82, 2.24) is 9.88 Å². The average molecular weight is 249 g/mol. The van der Waals surface area contributed by atoms with Crippen molar-refractivity contribution in [3.8, 4) is 0 Å². The summed E-state index contributed by atoms with van der Waals surface area (Å²) in [6, 6.07) is 6.16. The van der Waals surface area contributed by atoms with Crippen molar-refractivity contribution in [3.05, 3.63) is 29.6 Å². The Labute approximate surface area is 109 Å². The third-order valence-electron chi connectivity index (χ3n) is 3.96. The van der Waals surface area contributed by atoms with Crippen LogP contribution in [0.5, 0.6) is 0 Å². The fourth-order valence-corrected chi connectivity index (χ4v) is 2.59. The molecule has 0 saturated carbocycles. The zero-order valence-corrected chi connectivity index (χ0v) is 11.4. The molecule has 1 aliphatic rings. The second-order valence-corrected chi connectivity index (χ2v) is 5.17. The van der Waals surface area contributed by atoms with Crippen LogP contribution < -0.4 is 5.73 Å². The highest BCUT2D eigenvalue weighted by atomic mass is 16.5. The first-order valence-electron chi connectivity index (χ1n) is 6.58. The molecule has 1 saturated heterocycles. The SMILES string of the molecule is Cc1cccc(CN(C)C2(CN)CCOCC2)n1. The van der Waals surface area contributed by atoms with Crippen molar-refractivity contribution in [2.24, 2.45) is 5.73 Å². The molecule has 4 heteroatoms. The van der Waals surface area contributed by atoms with Gasteiger partial charge >= 0.3 is 0 Å². The Balaban J connectivity index is 2.07. The first kappa shape index (κ1) is 13.5. The van der Waals surface area contributed by atoms with Gasteiger partial charge in [0.05, 0.1) is 5.69 Å². The summed E-state index contributed by atoms with van der Waals surface area (Å²) in [6.45, 7) is 5.17. The first-order chi connectivity index (χ1) is 8.66. The minimum Gasteiger partial charge on any atom is -0.381 e. The second-order valence-electron chi connectivity index (χ2n) is 5.17. The highest BCUT2D eigenvalue weighted by Gasteiger charge is 2.35. The van der Waals surface area contributed by atoms with Gasteiger partial charge in [-0.1, -0.05) is 6.07 Å². The van der Waals surface area contributed by atoms with Crippen LogP contribution in [0.4, 0.5) is 0 Å². The van der Waals surface area contributed by atoms with Crippen molar-refractivity contribution in [3.63, 3.8) is 0 Å². The van der Waals surface area contributed by atoms with Crippen molar-refractivity contribution in [2.75, 3.05) is 26.8 Å². The summed E-state index contributed by atoms with van der Waals surface area (Å²) in [5, 5.41) is 0. The van der Waals surface area contributed by atoms with E-state index >= 15 is 0 Å². The number of nitrogens with two attached hydrogens (primary N) is 1. The van der Waals surface area contributed by atoms with Crippen LogP contribution in [0.15, 0.2) is 18.2 Å². The van der Waals surface area contributed by atoms with Crippen LogP contribution in [0.25, 0.3) is 0 Å². The Morgan fingerprint density at radius 3 is 2.72 bits per heavy atom. The molecular formula is C14H23N3O. The van der Waals surface area contributed by atoms with E-state index in [2.05, 4.69) is 29.1 Å². The molecule has 1 aromatic rings. The van der Waals surface area contributed by atoms with Crippen LogP contribution in [0.1, 0.15) is 24.2 Å². The van der Waals surface area contributed by atoms with Gasteiger partial charge in [0.1, 0.15) is 0 Å². The minimum atomic E-state index is 0.0731. The van der Waals surface area contributed by atoms with E-state index in [1.54, 1.807) is 0 Å². The van der Waals surface area contributed by atoms with Gasteiger partial charge in [-0.25, -0.2) is 0 Å².